The first-order valence-electron chi connectivity index (χ1n) is 9.70. The summed E-state index contributed by atoms with van der Waals surface area (Å²) in [5.74, 6) is 0.522. The van der Waals surface area contributed by atoms with E-state index in [1.165, 1.54) is 11.8 Å². The summed E-state index contributed by atoms with van der Waals surface area (Å²) in [5.41, 5.74) is 2.06. The first kappa shape index (κ1) is 21.6. The summed E-state index contributed by atoms with van der Waals surface area (Å²) in [6.45, 7) is 6.32. The fourth-order valence-corrected chi connectivity index (χ4v) is 3.65. The van der Waals surface area contributed by atoms with Crippen molar-refractivity contribution in [2.75, 3.05) is 11.1 Å². The highest BCUT2D eigenvalue weighted by molar-refractivity contribution is 7.99. The van der Waals surface area contributed by atoms with E-state index in [9.17, 15) is 9.59 Å². The maximum absolute atomic E-state index is 12.5. The molecule has 0 unspecified atom stereocenters. The molecule has 0 aliphatic carbocycles. The molecular weight excluding hydrogens is 398 g/mol. The van der Waals surface area contributed by atoms with E-state index in [0.29, 0.717) is 23.0 Å². The molecule has 8 heteroatoms. The van der Waals surface area contributed by atoms with Gasteiger partial charge in [-0.1, -0.05) is 54.2 Å². The number of nitrogens with one attached hydrogen (secondary N) is 2. The Morgan fingerprint density at radius 3 is 2.47 bits per heavy atom. The first-order chi connectivity index (χ1) is 14.4. The number of nitrogens with zero attached hydrogens (tertiary/aromatic N) is 3. The first-order valence-corrected chi connectivity index (χ1v) is 10.7. The highest BCUT2D eigenvalue weighted by Crippen LogP contribution is 2.20. The van der Waals surface area contributed by atoms with Gasteiger partial charge in [-0.2, -0.15) is 0 Å². The van der Waals surface area contributed by atoms with Crippen LogP contribution in [0.25, 0.3) is 0 Å². The minimum absolute atomic E-state index is 0.0102. The molecule has 7 nitrogen and oxygen atoms in total. The molecule has 0 bridgehead atoms. The van der Waals surface area contributed by atoms with E-state index >= 15 is 0 Å². The minimum atomic E-state index is -0.216. The van der Waals surface area contributed by atoms with Gasteiger partial charge >= 0.3 is 0 Å². The Bertz CT molecular complexity index is 1020. The van der Waals surface area contributed by atoms with E-state index in [0.717, 1.165) is 11.4 Å². The van der Waals surface area contributed by atoms with Gasteiger partial charge in [0.05, 0.1) is 23.5 Å². The maximum atomic E-state index is 12.5. The number of para-hydroxylation sites is 1. The van der Waals surface area contributed by atoms with Gasteiger partial charge < -0.3 is 15.2 Å². The van der Waals surface area contributed by atoms with E-state index in [1.54, 1.807) is 24.3 Å². The zero-order chi connectivity index (χ0) is 21.5. The van der Waals surface area contributed by atoms with Gasteiger partial charge in [0.1, 0.15) is 5.82 Å². The largest absolute Gasteiger partial charge is 0.350 e. The van der Waals surface area contributed by atoms with Crippen molar-refractivity contribution in [1.29, 1.82) is 0 Å². The second-order valence-corrected chi connectivity index (χ2v) is 8.05. The summed E-state index contributed by atoms with van der Waals surface area (Å²) < 4.78 is 1.98. The summed E-state index contributed by atoms with van der Waals surface area (Å²) in [6, 6.07) is 17.0. The van der Waals surface area contributed by atoms with Crippen molar-refractivity contribution in [2.24, 2.45) is 0 Å². The second kappa shape index (κ2) is 10.1. The molecule has 3 aromatic rings. The zero-order valence-electron chi connectivity index (χ0n) is 17.3. The van der Waals surface area contributed by atoms with Crippen LogP contribution in [0.1, 0.15) is 35.6 Å². The monoisotopic (exact) mass is 423 g/mol. The Labute approximate surface area is 180 Å². The van der Waals surface area contributed by atoms with E-state index in [-0.39, 0.29) is 23.6 Å². The van der Waals surface area contributed by atoms with E-state index in [2.05, 4.69) is 20.8 Å². The number of thioether (sulfide) groups is 1. The number of benzene rings is 2. The van der Waals surface area contributed by atoms with Gasteiger partial charge in [0.25, 0.3) is 5.91 Å². The molecule has 0 spiro atoms. The number of hydrogen-bond acceptors (Lipinski definition) is 5. The molecule has 0 aliphatic rings. The standard InChI is InChI=1S/C22H25N5O2S/c1-15(2)23-21(29)18-11-7-8-12-19(18)24-20(28)14-30-22-26-25-16(3)27(22)13-17-9-5-4-6-10-17/h4-12,15H,13-14H2,1-3H3,(H,23,29)(H,24,28). The molecule has 1 aromatic heterocycles. The Balaban J connectivity index is 1.65. The average Bonchev–Trinajstić information content (AvgIpc) is 3.06. The van der Waals surface area contributed by atoms with Crippen molar-refractivity contribution >= 4 is 29.3 Å². The topological polar surface area (TPSA) is 88.9 Å². The van der Waals surface area contributed by atoms with Crippen LogP contribution in [-0.2, 0) is 11.3 Å². The normalized spacial score (nSPS) is 10.8. The van der Waals surface area contributed by atoms with Crippen molar-refractivity contribution in [3.05, 3.63) is 71.5 Å². The molecule has 1 heterocycles. The predicted octanol–water partition coefficient (Wildman–Crippen LogP) is 3.50. The van der Waals surface area contributed by atoms with Crippen LogP contribution in [0.3, 0.4) is 0 Å². The number of anilines is 1. The smallest absolute Gasteiger partial charge is 0.253 e. The van der Waals surface area contributed by atoms with Gasteiger partial charge in [0, 0.05) is 6.04 Å². The van der Waals surface area contributed by atoms with Crippen molar-refractivity contribution in [2.45, 2.75) is 38.5 Å². The summed E-state index contributed by atoms with van der Waals surface area (Å²) in [5, 5.41) is 14.7. The maximum Gasteiger partial charge on any atom is 0.253 e. The highest BCUT2D eigenvalue weighted by atomic mass is 32.2. The van der Waals surface area contributed by atoms with Crippen LogP contribution < -0.4 is 10.6 Å². The number of aromatic nitrogens is 3. The predicted molar refractivity (Wildman–Crippen MR) is 119 cm³/mol. The van der Waals surface area contributed by atoms with Crippen LogP contribution in [-0.4, -0.2) is 38.4 Å². The zero-order valence-corrected chi connectivity index (χ0v) is 18.1. The molecule has 3 rings (SSSR count). The lowest BCUT2D eigenvalue weighted by Gasteiger charge is -2.13. The molecule has 0 saturated heterocycles. The fraction of sp³-hybridized carbons (Fsp3) is 0.273. The van der Waals surface area contributed by atoms with Crippen LogP contribution >= 0.6 is 11.8 Å². The van der Waals surface area contributed by atoms with Crippen LogP contribution in [0, 0.1) is 6.92 Å². The van der Waals surface area contributed by atoms with Gasteiger partial charge in [-0.25, -0.2) is 0 Å². The molecular formula is C22H25N5O2S. The number of amides is 2. The molecule has 2 N–H and O–H groups in total. The lowest BCUT2D eigenvalue weighted by molar-refractivity contribution is -0.113. The van der Waals surface area contributed by atoms with Crippen molar-refractivity contribution in [1.82, 2.24) is 20.1 Å². The lowest BCUT2D eigenvalue weighted by atomic mass is 10.1. The number of carbonyl (C=O) groups excluding carboxylic acids is 2. The Hall–Kier alpha value is -3.13. The lowest BCUT2D eigenvalue weighted by Crippen LogP contribution is -2.31. The molecule has 30 heavy (non-hydrogen) atoms. The Morgan fingerprint density at radius 2 is 1.73 bits per heavy atom. The molecule has 156 valence electrons. The van der Waals surface area contributed by atoms with Gasteiger partial charge in [0.2, 0.25) is 5.91 Å². The summed E-state index contributed by atoms with van der Waals surface area (Å²) in [7, 11) is 0. The fourth-order valence-electron chi connectivity index (χ4n) is 2.86. The van der Waals surface area contributed by atoms with Crippen LogP contribution in [0.15, 0.2) is 59.8 Å². The number of rotatable bonds is 8. The summed E-state index contributed by atoms with van der Waals surface area (Å²) >= 11 is 1.32. The van der Waals surface area contributed by atoms with Crippen LogP contribution in [0.2, 0.25) is 0 Å². The molecule has 2 aromatic carbocycles. The quantitative estimate of drug-likeness (QED) is 0.541. The average molecular weight is 424 g/mol. The number of carbonyl (C=O) groups is 2. The SMILES string of the molecule is Cc1nnc(SCC(=O)Nc2ccccc2C(=O)NC(C)C)n1Cc1ccccc1. The van der Waals surface area contributed by atoms with Crippen molar-refractivity contribution < 1.29 is 9.59 Å². The van der Waals surface area contributed by atoms with Gasteiger partial charge in [-0.3, -0.25) is 9.59 Å². The Kier molecular flexibility index (Phi) is 7.24. The second-order valence-electron chi connectivity index (χ2n) is 7.11. The van der Waals surface area contributed by atoms with Crippen LogP contribution in [0.5, 0.6) is 0 Å². The molecule has 0 atom stereocenters. The number of aryl methyl sites for hydroxylation is 1. The third kappa shape index (κ3) is 5.70. The summed E-state index contributed by atoms with van der Waals surface area (Å²) in [6.07, 6.45) is 0. The Morgan fingerprint density at radius 1 is 1.03 bits per heavy atom. The molecule has 0 aliphatic heterocycles. The van der Waals surface area contributed by atoms with Gasteiger partial charge in [-0.05, 0) is 38.5 Å². The van der Waals surface area contributed by atoms with Crippen molar-refractivity contribution in [3.8, 4) is 0 Å². The van der Waals surface area contributed by atoms with E-state index in [4.69, 9.17) is 0 Å². The van der Waals surface area contributed by atoms with Gasteiger partial charge in [-0.15, -0.1) is 10.2 Å². The van der Waals surface area contributed by atoms with Gasteiger partial charge in [0.15, 0.2) is 5.16 Å². The third-order valence-electron chi connectivity index (χ3n) is 4.28. The third-order valence-corrected chi connectivity index (χ3v) is 5.25. The van der Waals surface area contributed by atoms with E-state index in [1.807, 2.05) is 55.7 Å². The summed E-state index contributed by atoms with van der Waals surface area (Å²) in [4.78, 5) is 24.9. The van der Waals surface area contributed by atoms with Crippen molar-refractivity contribution in [3.63, 3.8) is 0 Å². The minimum Gasteiger partial charge on any atom is -0.350 e. The highest BCUT2D eigenvalue weighted by Gasteiger charge is 2.16. The van der Waals surface area contributed by atoms with E-state index < -0.39 is 0 Å². The number of hydrogen-bond donors (Lipinski definition) is 2. The molecule has 0 radical (unpaired) electrons. The molecule has 0 saturated carbocycles. The van der Waals surface area contributed by atoms with Crippen LogP contribution in [0.4, 0.5) is 5.69 Å². The molecule has 0 fully saturated rings. The molecule has 2 amide bonds.